The van der Waals surface area contributed by atoms with Crippen LogP contribution in [-0.2, 0) is 0 Å². The molecule has 2 fully saturated rings. The van der Waals surface area contributed by atoms with Gasteiger partial charge >= 0.3 is 0 Å². The van der Waals surface area contributed by atoms with E-state index < -0.39 is 0 Å². The van der Waals surface area contributed by atoms with Gasteiger partial charge in [-0.2, -0.15) is 10.2 Å². The van der Waals surface area contributed by atoms with Crippen molar-refractivity contribution < 1.29 is 9.13 Å². The molecule has 3 N–H and O–H groups in total. The molecule has 1 aromatic carbocycles. The van der Waals surface area contributed by atoms with E-state index in [9.17, 15) is 4.39 Å². The average Bonchev–Trinajstić information content (AvgIpc) is 3.49. The Balaban J connectivity index is 1.34. The molecule has 2 atom stereocenters. The van der Waals surface area contributed by atoms with Gasteiger partial charge in [-0.15, -0.1) is 0 Å². The van der Waals surface area contributed by atoms with Gasteiger partial charge in [0.25, 0.3) is 0 Å². The van der Waals surface area contributed by atoms with Gasteiger partial charge in [-0.3, -0.25) is 5.10 Å². The van der Waals surface area contributed by atoms with Gasteiger partial charge in [-0.25, -0.2) is 23.3 Å². The molecule has 2 aromatic heterocycles. The summed E-state index contributed by atoms with van der Waals surface area (Å²) in [6, 6.07) is 6.35. The standard InChI is InChI=1S/C23H28FN9OS/c1-14(2)34-22-21(15-9-30-31-10-15)29-13-32(25-3)23(22)28-12-27-18-5-4-16(8-17(18)24)35-33-11-19-20(33)6-7-26-19/h4-5,8-10,13-14,19-20,26-27H,3,6-7,11-12H2,1-2H3,(H,30,31)/b28-23-. The van der Waals surface area contributed by atoms with Crippen molar-refractivity contribution in [1.29, 1.82) is 0 Å². The Bertz CT molecular complexity index is 1260. The minimum atomic E-state index is -0.325. The third-order valence-corrected chi connectivity index (χ3v) is 7.05. The molecule has 12 heteroatoms. The van der Waals surface area contributed by atoms with Crippen LogP contribution in [0.25, 0.3) is 11.3 Å². The third-order valence-electron chi connectivity index (χ3n) is 5.93. The Morgan fingerprint density at radius 2 is 2.29 bits per heavy atom. The highest BCUT2D eigenvalue weighted by Gasteiger charge is 2.42. The zero-order valence-corrected chi connectivity index (χ0v) is 20.4. The molecule has 0 spiro atoms. The molecule has 4 heterocycles. The number of rotatable bonds is 9. The molecule has 3 aromatic rings. The topological polar surface area (TPSA) is 108 Å². The van der Waals surface area contributed by atoms with Crippen LogP contribution in [0.2, 0.25) is 0 Å². The first-order valence-corrected chi connectivity index (χ1v) is 12.3. The predicted molar refractivity (Wildman–Crippen MR) is 134 cm³/mol. The van der Waals surface area contributed by atoms with E-state index in [1.54, 1.807) is 36.5 Å². The summed E-state index contributed by atoms with van der Waals surface area (Å²) in [6.07, 6.45) is 5.90. The zero-order valence-electron chi connectivity index (χ0n) is 19.6. The summed E-state index contributed by atoms with van der Waals surface area (Å²) < 4.78 is 24.6. The zero-order chi connectivity index (χ0) is 24.4. The van der Waals surface area contributed by atoms with Gasteiger partial charge in [-0.1, -0.05) is 0 Å². The SMILES string of the molecule is C=Nn1cnc(-c2cn[nH]c2)c(OC(C)C)/c1=N/CNc1ccc(SN2CC3NCCC32)cc1F. The highest BCUT2D eigenvalue weighted by Crippen LogP contribution is 2.37. The van der Waals surface area contributed by atoms with Crippen molar-refractivity contribution in [2.24, 2.45) is 10.1 Å². The van der Waals surface area contributed by atoms with Gasteiger partial charge in [0.15, 0.2) is 11.2 Å². The largest absolute Gasteiger partial charge is 0.485 e. The van der Waals surface area contributed by atoms with Crippen molar-refractivity contribution in [3.8, 4) is 17.0 Å². The first kappa shape index (κ1) is 23.5. The van der Waals surface area contributed by atoms with E-state index in [0.717, 1.165) is 30.0 Å². The lowest BCUT2D eigenvalue weighted by Gasteiger charge is -2.42. The molecule has 0 saturated carbocycles. The number of halogens is 1. The van der Waals surface area contributed by atoms with Crippen molar-refractivity contribution in [3.63, 3.8) is 0 Å². The fraction of sp³-hybridized carbons (Fsp3) is 0.391. The number of hydrogen-bond acceptors (Lipinski definition) is 9. The first-order valence-electron chi connectivity index (χ1n) is 11.5. The summed E-state index contributed by atoms with van der Waals surface area (Å²) in [4.78, 5) is 9.93. The Kier molecular flexibility index (Phi) is 6.84. The Hall–Kier alpha value is -3.22. The molecule has 0 radical (unpaired) electrons. The van der Waals surface area contributed by atoms with Crippen LogP contribution in [0, 0.1) is 5.82 Å². The van der Waals surface area contributed by atoms with E-state index in [1.807, 2.05) is 19.9 Å². The van der Waals surface area contributed by atoms with Crippen LogP contribution in [0.5, 0.6) is 5.75 Å². The fourth-order valence-corrected chi connectivity index (χ4v) is 5.40. The number of fused-ring (bicyclic) bond motifs is 1. The highest BCUT2D eigenvalue weighted by molar-refractivity contribution is 7.97. The van der Waals surface area contributed by atoms with Crippen molar-refractivity contribution in [2.45, 2.75) is 43.4 Å². The molecule has 0 aliphatic carbocycles. The Morgan fingerprint density at radius 1 is 1.40 bits per heavy atom. The van der Waals surface area contributed by atoms with Gasteiger partial charge in [0.05, 0.1) is 18.0 Å². The molecule has 184 valence electrons. The number of aromatic nitrogens is 4. The molecule has 0 bridgehead atoms. The van der Waals surface area contributed by atoms with Crippen LogP contribution in [0.3, 0.4) is 0 Å². The number of benzene rings is 1. The Morgan fingerprint density at radius 3 is 3.00 bits per heavy atom. The summed E-state index contributed by atoms with van der Waals surface area (Å²) in [7, 11) is 0. The van der Waals surface area contributed by atoms with Crippen molar-refractivity contribution >= 4 is 24.4 Å². The van der Waals surface area contributed by atoms with Gasteiger partial charge < -0.3 is 15.4 Å². The molecule has 10 nitrogen and oxygen atoms in total. The monoisotopic (exact) mass is 497 g/mol. The number of hydrogen-bond donors (Lipinski definition) is 3. The molecular formula is C23H28FN9OS. The molecule has 35 heavy (non-hydrogen) atoms. The van der Waals surface area contributed by atoms with E-state index in [2.05, 4.69) is 46.9 Å². The maximum atomic E-state index is 14.8. The predicted octanol–water partition coefficient (Wildman–Crippen LogP) is 2.69. The van der Waals surface area contributed by atoms with Crippen LogP contribution in [0.15, 0.2) is 51.9 Å². The molecule has 2 aliphatic rings. The Labute approximate surface area is 206 Å². The maximum absolute atomic E-state index is 14.8. The second-order valence-corrected chi connectivity index (χ2v) is 9.75. The van der Waals surface area contributed by atoms with Gasteiger partial charge in [0.2, 0.25) is 0 Å². The minimum Gasteiger partial charge on any atom is -0.485 e. The van der Waals surface area contributed by atoms with Crippen LogP contribution in [0.1, 0.15) is 20.3 Å². The van der Waals surface area contributed by atoms with Crippen LogP contribution in [0.4, 0.5) is 10.1 Å². The summed E-state index contributed by atoms with van der Waals surface area (Å²) >= 11 is 1.61. The van der Waals surface area contributed by atoms with E-state index in [-0.39, 0.29) is 18.6 Å². The van der Waals surface area contributed by atoms with Crippen molar-refractivity contribution in [1.82, 2.24) is 29.5 Å². The number of nitrogens with zero attached hydrogens (tertiary/aromatic N) is 6. The summed E-state index contributed by atoms with van der Waals surface area (Å²) in [5, 5.41) is 17.3. The highest BCUT2D eigenvalue weighted by atomic mass is 32.2. The number of nitrogens with one attached hydrogen (secondary N) is 3. The van der Waals surface area contributed by atoms with Gasteiger partial charge in [0, 0.05) is 42.0 Å². The van der Waals surface area contributed by atoms with Gasteiger partial charge in [0.1, 0.15) is 24.5 Å². The summed E-state index contributed by atoms with van der Waals surface area (Å²) in [5.41, 5.74) is 2.11. The molecular weight excluding hydrogens is 469 g/mol. The van der Waals surface area contributed by atoms with Crippen molar-refractivity contribution in [2.75, 3.05) is 25.1 Å². The number of aromatic amines is 1. The lowest BCUT2D eigenvalue weighted by Crippen LogP contribution is -2.57. The third kappa shape index (κ3) is 4.95. The molecule has 2 saturated heterocycles. The maximum Gasteiger partial charge on any atom is 0.197 e. The fourth-order valence-electron chi connectivity index (χ4n) is 4.23. The van der Waals surface area contributed by atoms with Crippen LogP contribution < -0.4 is 20.9 Å². The smallest absolute Gasteiger partial charge is 0.197 e. The molecule has 2 unspecified atom stereocenters. The van der Waals surface area contributed by atoms with Crippen LogP contribution in [-0.4, -0.2) is 68.8 Å². The molecule has 5 rings (SSSR count). The number of ether oxygens (including phenoxy) is 1. The second kappa shape index (κ2) is 10.2. The quantitative estimate of drug-likeness (QED) is 0.308. The average molecular weight is 498 g/mol. The van der Waals surface area contributed by atoms with Gasteiger partial charge in [-0.05, 0) is 57.0 Å². The normalized spacial score (nSPS) is 20.1. The minimum absolute atomic E-state index is 0.101. The van der Waals surface area contributed by atoms with Crippen LogP contribution >= 0.6 is 11.9 Å². The first-order chi connectivity index (χ1) is 17.0. The lowest BCUT2D eigenvalue weighted by atomic mass is 10.0. The second-order valence-electron chi connectivity index (χ2n) is 8.63. The number of anilines is 1. The van der Waals surface area contributed by atoms with E-state index in [4.69, 9.17) is 4.74 Å². The number of H-pyrrole nitrogens is 1. The molecule has 0 amide bonds. The molecule has 2 aliphatic heterocycles. The van der Waals surface area contributed by atoms with E-state index >= 15 is 0 Å². The summed E-state index contributed by atoms with van der Waals surface area (Å²) in [5.74, 6) is 0.119. The van der Waals surface area contributed by atoms with Crippen molar-refractivity contribution in [3.05, 3.63) is 48.2 Å². The lowest BCUT2D eigenvalue weighted by molar-refractivity contribution is 0.192. The van der Waals surface area contributed by atoms with E-state index in [0.29, 0.717) is 34.7 Å². The summed E-state index contributed by atoms with van der Waals surface area (Å²) in [6.45, 7) is 9.57. The van der Waals surface area contributed by atoms with E-state index in [1.165, 1.54) is 11.0 Å².